The fourth-order valence-electron chi connectivity index (χ4n) is 2.79. The van der Waals surface area contributed by atoms with Crippen molar-refractivity contribution < 1.29 is 0 Å². The van der Waals surface area contributed by atoms with Crippen molar-refractivity contribution in [2.24, 2.45) is 0 Å². The van der Waals surface area contributed by atoms with Gasteiger partial charge in [-0.15, -0.1) is 0 Å². The van der Waals surface area contributed by atoms with E-state index < -0.39 is 0 Å². The highest BCUT2D eigenvalue weighted by atomic mass is 15.1. The van der Waals surface area contributed by atoms with E-state index in [1.54, 1.807) is 0 Å². The number of aromatic nitrogens is 3. The first-order chi connectivity index (χ1) is 11.7. The van der Waals surface area contributed by atoms with Gasteiger partial charge in [0, 0.05) is 24.0 Å². The summed E-state index contributed by atoms with van der Waals surface area (Å²) in [4.78, 5) is 4.45. The molecule has 3 aromatic rings. The van der Waals surface area contributed by atoms with Gasteiger partial charge in [-0.2, -0.15) is 5.10 Å². The maximum Gasteiger partial charge on any atom is 0.126 e. The van der Waals surface area contributed by atoms with Crippen LogP contribution in [0.4, 0.5) is 5.82 Å². The second-order valence-corrected chi connectivity index (χ2v) is 6.22. The van der Waals surface area contributed by atoms with Gasteiger partial charge in [-0.25, -0.2) is 4.98 Å². The van der Waals surface area contributed by atoms with Crippen LogP contribution in [0.15, 0.2) is 48.8 Å². The Morgan fingerprint density at radius 3 is 2.83 bits per heavy atom. The number of nitrogens with zero attached hydrogens (tertiary/aromatic N) is 2. The number of pyridine rings is 1. The summed E-state index contributed by atoms with van der Waals surface area (Å²) < 4.78 is 0. The SMILES string of the molecule is CCC(C)c1[nH]ncc1-c1ccnc(NCc2ccccc2C)c1. The van der Waals surface area contributed by atoms with E-state index in [4.69, 9.17) is 0 Å². The Balaban J connectivity index is 1.80. The van der Waals surface area contributed by atoms with Crippen molar-refractivity contribution in [1.29, 1.82) is 0 Å². The lowest BCUT2D eigenvalue weighted by molar-refractivity contribution is 0.705. The van der Waals surface area contributed by atoms with Crippen molar-refractivity contribution in [3.8, 4) is 11.1 Å². The standard InChI is InChI=1S/C20H24N4/c1-4-14(2)20-18(13-23-24-20)16-9-10-21-19(11-16)22-12-17-8-6-5-7-15(17)3/h5-11,13-14H,4,12H2,1-3H3,(H,21,22)(H,23,24). The molecular weight excluding hydrogens is 296 g/mol. The highest BCUT2D eigenvalue weighted by Gasteiger charge is 2.13. The van der Waals surface area contributed by atoms with Gasteiger partial charge in [0.2, 0.25) is 0 Å². The predicted molar refractivity (Wildman–Crippen MR) is 99.0 cm³/mol. The maximum absolute atomic E-state index is 4.45. The number of rotatable bonds is 6. The summed E-state index contributed by atoms with van der Waals surface area (Å²) in [7, 11) is 0. The van der Waals surface area contributed by atoms with Crippen molar-refractivity contribution in [2.45, 2.75) is 39.7 Å². The normalized spacial score (nSPS) is 12.1. The highest BCUT2D eigenvalue weighted by molar-refractivity contribution is 5.68. The summed E-state index contributed by atoms with van der Waals surface area (Å²) in [6.07, 6.45) is 4.84. The number of aromatic amines is 1. The predicted octanol–water partition coefficient (Wildman–Crippen LogP) is 4.91. The summed E-state index contributed by atoms with van der Waals surface area (Å²) in [6, 6.07) is 12.5. The van der Waals surface area contributed by atoms with E-state index in [0.717, 1.165) is 29.9 Å². The molecule has 24 heavy (non-hydrogen) atoms. The Labute approximate surface area is 143 Å². The average molecular weight is 320 g/mol. The quantitative estimate of drug-likeness (QED) is 0.679. The number of benzene rings is 1. The fraction of sp³-hybridized carbons (Fsp3) is 0.300. The lowest BCUT2D eigenvalue weighted by Crippen LogP contribution is -2.03. The molecule has 1 atom stereocenters. The number of anilines is 1. The Bertz CT molecular complexity index is 807. The van der Waals surface area contributed by atoms with Crippen molar-refractivity contribution in [1.82, 2.24) is 15.2 Å². The van der Waals surface area contributed by atoms with Crippen LogP contribution in [0.1, 0.15) is 43.0 Å². The van der Waals surface area contributed by atoms with Crippen LogP contribution < -0.4 is 5.32 Å². The molecule has 4 nitrogen and oxygen atoms in total. The number of hydrogen-bond donors (Lipinski definition) is 2. The second-order valence-electron chi connectivity index (χ2n) is 6.22. The molecule has 0 radical (unpaired) electrons. The first-order valence-corrected chi connectivity index (χ1v) is 8.47. The first kappa shape index (κ1) is 16.2. The van der Waals surface area contributed by atoms with E-state index in [-0.39, 0.29) is 0 Å². The fourth-order valence-corrected chi connectivity index (χ4v) is 2.79. The van der Waals surface area contributed by atoms with Crippen LogP contribution in [-0.2, 0) is 6.54 Å². The zero-order valence-electron chi connectivity index (χ0n) is 14.5. The summed E-state index contributed by atoms with van der Waals surface area (Å²) in [5.74, 6) is 1.34. The molecule has 4 heteroatoms. The van der Waals surface area contributed by atoms with Crippen LogP contribution >= 0.6 is 0 Å². The van der Waals surface area contributed by atoms with Gasteiger partial charge in [0.25, 0.3) is 0 Å². The van der Waals surface area contributed by atoms with Gasteiger partial charge in [0.05, 0.1) is 6.20 Å². The largest absolute Gasteiger partial charge is 0.366 e. The topological polar surface area (TPSA) is 53.6 Å². The first-order valence-electron chi connectivity index (χ1n) is 8.47. The molecule has 0 aliphatic carbocycles. The Morgan fingerprint density at radius 1 is 1.21 bits per heavy atom. The summed E-state index contributed by atoms with van der Waals surface area (Å²) >= 11 is 0. The monoisotopic (exact) mass is 320 g/mol. The van der Waals surface area contributed by atoms with Gasteiger partial charge in [0.1, 0.15) is 5.82 Å². The van der Waals surface area contributed by atoms with E-state index in [1.807, 2.05) is 18.5 Å². The van der Waals surface area contributed by atoms with Gasteiger partial charge < -0.3 is 5.32 Å². The van der Waals surface area contributed by atoms with Crippen LogP contribution in [0.5, 0.6) is 0 Å². The van der Waals surface area contributed by atoms with Crippen molar-refractivity contribution in [2.75, 3.05) is 5.32 Å². The van der Waals surface area contributed by atoms with Gasteiger partial charge in [-0.05, 0) is 48.1 Å². The van der Waals surface area contributed by atoms with Crippen LogP contribution in [0.2, 0.25) is 0 Å². The Morgan fingerprint density at radius 2 is 2.04 bits per heavy atom. The zero-order chi connectivity index (χ0) is 16.9. The molecule has 2 N–H and O–H groups in total. The average Bonchev–Trinajstić information content (AvgIpc) is 3.10. The van der Waals surface area contributed by atoms with Crippen LogP contribution in [0.3, 0.4) is 0 Å². The molecule has 0 amide bonds. The molecule has 0 aliphatic rings. The molecule has 2 aromatic heterocycles. The molecule has 3 rings (SSSR count). The van der Waals surface area contributed by atoms with E-state index in [1.165, 1.54) is 16.8 Å². The molecule has 0 saturated heterocycles. The third-order valence-corrected chi connectivity index (χ3v) is 4.57. The van der Waals surface area contributed by atoms with Crippen molar-refractivity contribution in [3.05, 3.63) is 65.6 Å². The van der Waals surface area contributed by atoms with Gasteiger partial charge in [0.15, 0.2) is 0 Å². The minimum atomic E-state index is 0.457. The molecule has 0 fully saturated rings. The van der Waals surface area contributed by atoms with E-state index in [9.17, 15) is 0 Å². The number of H-pyrrole nitrogens is 1. The smallest absolute Gasteiger partial charge is 0.126 e. The van der Waals surface area contributed by atoms with Crippen LogP contribution in [0.25, 0.3) is 11.1 Å². The van der Waals surface area contributed by atoms with Crippen LogP contribution in [-0.4, -0.2) is 15.2 Å². The molecule has 1 aromatic carbocycles. The molecule has 124 valence electrons. The number of nitrogens with one attached hydrogen (secondary N) is 2. The van der Waals surface area contributed by atoms with E-state index in [2.05, 4.69) is 71.6 Å². The van der Waals surface area contributed by atoms with Gasteiger partial charge in [-0.1, -0.05) is 38.1 Å². The molecule has 1 unspecified atom stereocenters. The van der Waals surface area contributed by atoms with Crippen molar-refractivity contribution in [3.63, 3.8) is 0 Å². The van der Waals surface area contributed by atoms with Crippen LogP contribution in [0, 0.1) is 6.92 Å². The number of hydrogen-bond acceptors (Lipinski definition) is 3. The molecule has 2 heterocycles. The molecule has 0 aliphatic heterocycles. The minimum absolute atomic E-state index is 0.457. The summed E-state index contributed by atoms with van der Waals surface area (Å²) in [5, 5.41) is 10.8. The lowest BCUT2D eigenvalue weighted by Gasteiger charge is -2.11. The highest BCUT2D eigenvalue weighted by Crippen LogP contribution is 2.29. The second kappa shape index (κ2) is 7.30. The Hall–Kier alpha value is -2.62. The van der Waals surface area contributed by atoms with Gasteiger partial charge >= 0.3 is 0 Å². The molecule has 0 bridgehead atoms. The zero-order valence-corrected chi connectivity index (χ0v) is 14.5. The third-order valence-electron chi connectivity index (χ3n) is 4.57. The Kier molecular flexibility index (Phi) is 4.94. The maximum atomic E-state index is 4.45. The third kappa shape index (κ3) is 3.48. The lowest BCUT2D eigenvalue weighted by atomic mass is 9.97. The molecular formula is C20H24N4. The summed E-state index contributed by atoms with van der Waals surface area (Å²) in [5.41, 5.74) is 6.06. The minimum Gasteiger partial charge on any atom is -0.366 e. The van der Waals surface area contributed by atoms with Crippen molar-refractivity contribution >= 4 is 5.82 Å². The summed E-state index contributed by atoms with van der Waals surface area (Å²) in [6.45, 7) is 7.31. The van der Waals surface area contributed by atoms with E-state index in [0.29, 0.717) is 5.92 Å². The van der Waals surface area contributed by atoms with Gasteiger partial charge in [-0.3, -0.25) is 5.10 Å². The number of aryl methyl sites for hydroxylation is 1. The molecule has 0 saturated carbocycles. The molecule has 0 spiro atoms. The van der Waals surface area contributed by atoms with E-state index >= 15 is 0 Å².